The van der Waals surface area contributed by atoms with E-state index < -0.39 is 0 Å². The molecule has 2 bridgehead atoms. The van der Waals surface area contributed by atoms with Gasteiger partial charge >= 0.3 is 0 Å². The first-order valence-corrected chi connectivity index (χ1v) is 8.93. The number of carbonyl (C=O) groups is 1. The summed E-state index contributed by atoms with van der Waals surface area (Å²) >= 11 is 0. The molecule has 0 saturated heterocycles. The van der Waals surface area contributed by atoms with Crippen molar-refractivity contribution in [3.8, 4) is 0 Å². The molecule has 0 radical (unpaired) electrons. The number of rotatable bonds is 3. The van der Waals surface area contributed by atoms with Gasteiger partial charge in [-0.1, -0.05) is 49.4 Å². The van der Waals surface area contributed by atoms with Crippen LogP contribution in [0.25, 0.3) is 0 Å². The molecule has 1 aliphatic rings. The molecule has 2 atom stereocenters. The monoisotopic (exact) mass is 342 g/mol. The molecule has 6 nitrogen and oxygen atoms in total. The number of hydrogen-bond donors (Lipinski definition) is 1. The van der Waals surface area contributed by atoms with Gasteiger partial charge in [0.15, 0.2) is 0 Å². The fraction of sp³-hybridized carbons (Fsp3) is 0.526. The largest absolute Gasteiger partial charge is 0.373 e. The lowest BCUT2D eigenvalue weighted by Gasteiger charge is -2.25. The second-order valence-electron chi connectivity index (χ2n) is 7.02. The molecule has 3 rings (SSSR count). The summed E-state index contributed by atoms with van der Waals surface area (Å²) in [5.74, 6) is 0.294. The van der Waals surface area contributed by atoms with Gasteiger partial charge in [0.1, 0.15) is 5.69 Å². The molecule has 0 aliphatic carbocycles. The van der Waals surface area contributed by atoms with E-state index in [4.69, 9.17) is 4.74 Å². The highest BCUT2D eigenvalue weighted by Crippen LogP contribution is 2.16. The third kappa shape index (κ3) is 4.89. The summed E-state index contributed by atoms with van der Waals surface area (Å²) in [5, 5.41) is 11.5. The molecule has 0 saturated carbocycles. The Morgan fingerprint density at radius 2 is 2.12 bits per heavy atom. The lowest BCUT2D eigenvalue weighted by Crippen LogP contribution is -2.45. The normalized spacial score (nSPS) is 22.1. The van der Waals surface area contributed by atoms with Gasteiger partial charge in [-0.2, -0.15) is 0 Å². The number of fused-ring (bicyclic) bond motifs is 2. The Balaban J connectivity index is 1.79. The molecule has 2 heterocycles. The SMILES string of the molecule is CC(C)[C@H]1COCc2cn(nn2)CC[C@@H](Cc2ccccc2)C(=O)N1. The highest BCUT2D eigenvalue weighted by molar-refractivity contribution is 5.79. The minimum Gasteiger partial charge on any atom is -0.373 e. The average molecular weight is 342 g/mol. The van der Waals surface area contributed by atoms with E-state index in [0.29, 0.717) is 25.7 Å². The van der Waals surface area contributed by atoms with E-state index in [1.165, 1.54) is 5.56 Å². The van der Waals surface area contributed by atoms with Crippen molar-refractivity contribution in [2.45, 2.75) is 45.9 Å². The van der Waals surface area contributed by atoms with Crippen LogP contribution in [0.4, 0.5) is 0 Å². The van der Waals surface area contributed by atoms with E-state index in [0.717, 1.165) is 18.5 Å². The quantitative estimate of drug-likeness (QED) is 0.928. The standard InChI is InChI=1S/C19H26N4O2/c1-14(2)18-13-25-12-17-11-23(22-21-17)9-8-16(19(24)20-18)10-15-6-4-3-5-7-15/h3-7,11,14,16,18H,8-10,12-13H2,1-2H3,(H,20,24)/t16-,18+/m0/s1. The van der Waals surface area contributed by atoms with Crippen LogP contribution in [0.5, 0.6) is 0 Å². The van der Waals surface area contributed by atoms with Crippen molar-refractivity contribution < 1.29 is 9.53 Å². The van der Waals surface area contributed by atoms with Crippen molar-refractivity contribution in [3.05, 3.63) is 47.8 Å². The van der Waals surface area contributed by atoms with Crippen LogP contribution in [0, 0.1) is 11.8 Å². The third-order valence-electron chi connectivity index (χ3n) is 4.67. The van der Waals surface area contributed by atoms with Crippen molar-refractivity contribution >= 4 is 5.91 Å². The Labute approximate surface area is 148 Å². The van der Waals surface area contributed by atoms with Crippen LogP contribution in [0.3, 0.4) is 0 Å². The van der Waals surface area contributed by atoms with Gasteiger partial charge in [0.2, 0.25) is 5.91 Å². The second kappa shape index (κ2) is 8.25. The number of amides is 1. The smallest absolute Gasteiger partial charge is 0.223 e. The van der Waals surface area contributed by atoms with Crippen LogP contribution in [0.2, 0.25) is 0 Å². The van der Waals surface area contributed by atoms with Crippen LogP contribution in [0.1, 0.15) is 31.5 Å². The maximum absolute atomic E-state index is 12.9. The number of aryl methyl sites for hydroxylation is 1. The van der Waals surface area contributed by atoms with E-state index in [-0.39, 0.29) is 17.9 Å². The lowest BCUT2D eigenvalue weighted by molar-refractivity contribution is -0.127. The predicted octanol–water partition coefficient (Wildman–Crippen LogP) is 2.20. The summed E-state index contributed by atoms with van der Waals surface area (Å²) in [4.78, 5) is 12.9. The van der Waals surface area contributed by atoms with Crippen LogP contribution in [0.15, 0.2) is 36.5 Å². The van der Waals surface area contributed by atoms with Gasteiger partial charge in [0.25, 0.3) is 0 Å². The summed E-state index contributed by atoms with van der Waals surface area (Å²) in [6.45, 7) is 5.77. The lowest BCUT2D eigenvalue weighted by atomic mass is 9.94. The van der Waals surface area contributed by atoms with E-state index in [1.54, 1.807) is 4.68 Å². The maximum Gasteiger partial charge on any atom is 0.223 e. The van der Waals surface area contributed by atoms with E-state index >= 15 is 0 Å². The Morgan fingerprint density at radius 3 is 2.88 bits per heavy atom. The molecule has 2 aromatic rings. The maximum atomic E-state index is 12.9. The molecule has 6 heteroatoms. The number of carbonyl (C=O) groups excluding carboxylic acids is 1. The molecule has 1 N–H and O–H groups in total. The molecule has 1 aromatic carbocycles. The molecule has 1 amide bonds. The van der Waals surface area contributed by atoms with Gasteiger partial charge in [0.05, 0.1) is 25.5 Å². The molecule has 0 spiro atoms. The first-order valence-electron chi connectivity index (χ1n) is 8.93. The summed E-state index contributed by atoms with van der Waals surface area (Å²) in [7, 11) is 0. The van der Waals surface area contributed by atoms with Crippen molar-refractivity contribution in [1.82, 2.24) is 20.3 Å². The number of benzene rings is 1. The first-order chi connectivity index (χ1) is 12.1. The highest BCUT2D eigenvalue weighted by atomic mass is 16.5. The molecular formula is C19H26N4O2. The van der Waals surface area contributed by atoms with Gasteiger partial charge in [0, 0.05) is 12.5 Å². The first kappa shape index (κ1) is 17.6. The summed E-state index contributed by atoms with van der Waals surface area (Å²) < 4.78 is 7.55. The van der Waals surface area contributed by atoms with E-state index in [1.807, 2.05) is 24.4 Å². The molecular weight excluding hydrogens is 316 g/mol. The van der Waals surface area contributed by atoms with Crippen molar-refractivity contribution in [2.24, 2.45) is 11.8 Å². The van der Waals surface area contributed by atoms with Gasteiger partial charge in [-0.15, -0.1) is 5.10 Å². The fourth-order valence-electron chi connectivity index (χ4n) is 3.02. The number of hydrogen-bond acceptors (Lipinski definition) is 4. The zero-order valence-corrected chi connectivity index (χ0v) is 14.9. The topological polar surface area (TPSA) is 69.0 Å². The zero-order valence-electron chi connectivity index (χ0n) is 14.9. The van der Waals surface area contributed by atoms with Gasteiger partial charge in [-0.25, -0.2) is 0 Å². The van der Waals surface area contributed by atoms with E-state index in [2.05, 4.69) is 41.6 Å². The summed E-state index contributed by atoms with van der Waals surface area (Å²) in [6.07, 6.45) is 3.36. The van der Waals surface area contributed by atoms with Gasteiger partial charge < -0.3 is 10.1 Å². The molecule has 0 fully saturated rings. The second-order valence-corrected chi connectivity index (χ2v) is 7.02. The van der Waals surface area contributed by atoms with Crippen LogP contribution < -0.4 is 5.32 Å². The molecule has 1 aliphatic heterocycles. The Morgan fingerprint density at radius 1 is 1.32 bits per heavy atom. The number of aromatic nitrogens is 3. The third-order valence-corrected chi connectivity index (χ3v) is 4.67. The van der Waals surface area contributed by atoms with E-state index in [9.17, 15) is 4.79 Å². The van der Waals surface area contributed by atoms with Gasteiger partial charge in [-0.05, 0) is 24.3 Å². The highest BCUT2D eigenvalue weighted by Gasteiger charge is 2.24. The average Bonchev–Trinajstić information content (AvgIpc) is 3.05. The molecule has 0 unspecified atom stereocenters. The Kier molecular flexibility index (Phi) is 5.81. The minimum atomic E-state index is -0.101. The number of ether oxygens (including phenoxy) is 1. The van der Waals surface area contributed by atoms with Crippen molar-refractivity contribution in [2.75, 3.05) is 6.61 Å². The molecule has 134 valence electrons. The number of nitrogens with one attached hydrogen (secondary N) is 1. The van der Waals surface area contributed by atoms with Crippen LogP contribution in [-0.4, -0.2) is 33.5 Å². The number of nitrogens with zero attached hydrogens (tertiary/aromatic N) is 3. The molecule has 1 aromatic heterocycles. The van der Waals surface area contributed by atoms with Crippen molar-refractivity contribution in [3.63, 3.8) is 0 Å². The Hall–Kier alpha value is -2.21. The molecule has 25 heavy (non-hydrogen) atoms. The van der Waals surface area contributed by atoms with Crippen molar-refractivity contribution in [1.29, 1.82) is 0 Å². The summed E-state index contributed by atoms with van der Waals surface area (Å²) in [5.41, 5.74) is 2.00. The zero-order chi connectivity index (χ0) is 17.6. The minimum absolute atomic E-state index is 0.000227. The summed E-state index contributed by atoms with van der Waals surface area (Å²) in [6, 6.07) is 10.2. The van der Waals surface area contributed by atoms with Gasteiger partial charge in [-0.3, -0.25) is 9.48 Å². The predicted molar refractivity (Wildman–Crippen MR) is 94.7 cm³/mol. The fourth-order valence-corrected chi connectivity index (χ4v) is 3.02. The van der Waals surface area contributed by atoms with Crippen LogP contribution >= 0.6 is 0 Å². The Bertz CT molecular complexity index is 684. The van der Waals surface area contributed by atoms with Crippen LogP contribution in [-0.2, 0) is 29.1 Å².